The van der Waals surface area contributed by atoms with Crippen LogP contribution in [0.5, 0.6) is 0 Å². The van der Waals surface area contributed by atoms with Crippen LogP contribution in [0.15, 0.2) is 29.7 Å². The summed E-state index contributed by atoms with van der Waals surface area (Å²) in [7, 11) is -3.54. The molecular formula is C16H24N2O2S. The molecular weight excluding hydrogens is 284 g/mol. The van der Waals surface area contributed by atoms with Crippen LogP contribution in [0.4, 0.5) is 5.69 Å². The van der Waals surface area contributed by atoms with Crippen molar-refractivity contribution in [1.29, 1.82) is 0 Å². The van der Waals surface area contributed by atoms with Crippen molar-refractivity contribution in [1.82, 2.24) is 4.31 Å². The smallest absolute Gasteiger partial charge is 0.243 e. The summed E-state index contributed by atoms with van der Waals surface area (Å²) in [5, 5.41) is 0. The molecule has 116 valence electrons. The average Bonchev–Trinajstić information content (AvgIpc) is 2.93. The lowest BCUT2D eigenvalue weighted by Crippen LogP contribution is -2.39. The summed E-state index contributed by atoms with van der Waals surface area (Å²) in [4.78, 5) is 0.328. The third kappa shape index (κ3) is 3.14. The van der Waals surface area contributed by atoms with Crippen LogP contribution < -0.4 is 5.73 Å². The summed E-state index contributed by atoms with van der Waals surface area (Å²) in [6, 6.07) is 3.60. The molecule has 0 radical (unpaired) electrons. The van der Waals surface area contributed by atoms with Crippen molar-refractivity contribution >= 4 is 15.7 Å². The third-order valence-corrected chi connectivity index (χ3v) is 6.22. The lowest BCUT2D eigenvalue weighted by atomic mass is 10.1. The first kappa shape index (κ1) is 16.0. The Morgan fingerprint density at radius 1 is 1.33 bits per heavy atom. The maximum Gasteiger partial charge on any atom is 0.243 e. The lowest BCUT2D eigenvalue weighted by Gasteiger charge is -2.28. The summed E-state index contributed by atoms with van der Waals surface area (Å²) in [5.74, 6) is 0. The molecule has 1 saturated carbocycles. The van der Waals surface area contributed by atoms with Gasteiger partial charge in [-0.1, -0.05) is 18.9 Å². The van der Waals surface area contributed by atoms with Gasteiger partial charge in [-0.2, -0.15) is 4.31 Å². The Bertz CT molecular complexity index is 632. The molecule has 1 aliphatic carbocycles. The maximum absolute atomic E-state index is 13.1. The molecule has 4 nitrogen and oxygen atoms in total. The highest BCUT2D eigenvalue weighted by molar-refractivity contribution is 7.89. The van der Waals surface area contributed by atoms with E-state index in [-0.39, 0.29) is 6.04 Å². The number of aryl methyl sites for hydroxylation is 1. The fraction of sp³-hybridized carbons (Fsp3) is 0.500. The van der Waals surface area contributed by atoms with Gasteiger partial charge in [0.05, 0.1) is 4.90 Å². The Hall–Kier alpha value is -1.33. The van der Waals surface area contributed by atoms with Gasteiger partial charge in [0.25, 0.3) is 0 Å². The van der Waals surface area contributed by atoms with E-state index in [2.05, 4.69) is 6.58 Å². The maximum atomic E-state index is 13.1. The van der Waals surface area contributed by atoms with Crippen LogP contribution in [-0.4, -0.2) is 25.3 Å². The highest BCUT2D eigenvalue weighted by atomic mass is 32.2. The van der Waals surface area contributed by atoms with Crippen molar-refractivity contribution in [2.75, 3.05) is 12.3 Å². The Morgan fingerprint density at radius 3 is 2.52 bits per heavy atom. The van der Waals surface area contributed by atoms with Gasteiger partial charge in [0.2, 0.25) is 10.0 Å². The van der Waals surface area contributed by atoms with Crippen LogP contribution in [0.1, 0.15) is 36.8 Å². The van der Waals surface area contributed by atoms with Gasteiger partial charge in [-0.05, 0) is 49.9 Å². The average molecular weight is 308 g/mol. The standard InChI is InChI=1S/C16H24N2O2S/c1-4-9-18(14-7-5-6-8-14)21(19,20)16-11-12(2)10-15(17)13(16)3/h4,10-11,14H,1,5-9,17H2,2-3H3. The van der Waals surface area contributed by atoms with Gasteiger partial charge in [0, 0.05) is 18.3 Å². The van der Waals surface area contributed by atoms with Crippen LogP contribution in [0, 0.1) is 13.8 Å². The van der Waals surface area contributed by atoms with E-state index in [1.54, 1.807) is 23.4 Å². The predicted octanol–water partition coefficient (Wildman–Crippen LogP) is 3.00. The number of rotatable bonds is 5. The van der Waals surface area contributed by atoms with Crippen molar-refractivity contribution in [3.63, 3.8) is 0 Å². The summed E-state index contributed by atoms with van der Waals surface area (Å²) < 4.78 is 27.7. The summed E-state index contributed by atoms with van der Waals surface area (Å²) in [6.07, 6.45) is 5.68. The van der Waals surface area contributed by atoms with Gasteiger partial charge in [-0.3, -0.25) is 0 Å². The van der Waals surface area contributed by atoms with Crippen molar-refractivity contribution in [3.8, 4) is 0 Å². The first-order valence-corrected chi connectivity index (χ1v) is 8.81. The number of hydrogen-bond donors (Lipinski definition) is 1. The second-order valence-electron chi connectivity index (χ2n) is 5.78. The Kier molecular flexibility index (Phi) is 4.74. The molecule has 0 amide bonds. The number of nitrogens with zero attached hydrogens (tertiary/aromatic N) is 1. The third-order valence-electron chi connectivity index (χ3n) is 4.17. The fourth-order valence-electron chi connectivity index (χ4n) is 3.01. The van der Waals surface area contributed by atoms with E-state index in [0.717, 1.165) is 31.2 Å². The molecule has 0 saturated heterocycles. The molecule has 21 heavy (non-hydrogen) atoms. The van der Waals surface area contributed by atoms with E-state index in [9.17, 15) is 8.42 Å². The van der Waals surface area contributed by atoms with Crippen LogP contribution in [0.2, 0.25) is 0 Å². The number of nitrogen functional groups attached to an aromatic ring is 1. The SMILES string of the molecule is C=CCN(C1CCCC1)S(=O)(=O)c1cc(C)cc(N)c1C. The monoisotopic (exact) mass is 308 g/mol. The first-order chi connectivity index (χ1) is 9.87. The van der Waals surface area contributed by atoms with E-state index in [0.29, 0.717) is 22.7 Å². The summed E-state index contributed by atoms with van der Waals surface area (Å²) in [6.45, 7) is 7.68. The second kappa shape index (κ2) is 6.20. The molecule has 5 heteroatoms. The normalized spacial score (nSPS) is 16.5. The van der Waals surface area contributed by atoms with E-state index >= 15 is 0 Å². The molecule has 0 bridgehead atoms. The van der Waals surface area contributed by atoms with E-state index < -0.39 is 10.0 Å². The number of sulfonamides is 1. The lowest BCUT2D eigenvalue weighted by molar-refractivity contribution is 0.347. The second-order valence-corrected chi connectivity index (χ2v) is 7.64. The fourth-order valence-corrected chi connectivity index (χ4v) is 5.01. The first-order valence-electron chi connectivity index (χ1n) is 7.37. The Morgan fingerprint density at radius 2 is 1.95 bits per heavy atom. The minimum absolute atomic E-state index is 0.0779. The zero-order chi connectivity index (χ0) is 15.6. The molecule has 0 heterocycles. The molecule has 0 spiro atoms. The minimum atomic E-state index is -3.54. The molecule has 0 atom stereocenters. The minimum Gasteiger partial charge on any atom is -0.398 e. The molecule has 2 N–H and O–H groups in total. The Labute approximate surface area is 127 Å². The zero-order valence-corrected chi connectivity index (χ0v) is 13.6. The molecule has 1 aliphatic rings. The van der Waals surface area contributed by atoms with E-state index in [1.165, 1.54) is 0 Å². The molecule has 2 rings (SSSR count). The van der Waals surface area contributed by atoms with Crippen molar-refractivity contribution in [2.24, 2.45) is 0 Å². The topological polar surface area (TPSA) is 63.4 Å². The van der Waals surface area contributed by atoms with Crippen molar-refractivity contribution in [2.45, 2.75) is 50.5 Å². The number of nitrogens with two attached hydrogens (primary N) is 1. The van der Waals surface area contributed by atoms with Crippen molar-refractivity contribution in [3.05, 3.63) is 35.9 Å². The van der Waals surface area contributed by atoms with Gasteiger partial charge < -0.3 is 5.73 Å². The number of hydrogen-bond acceptors (Lipinski definition) is 3. The number of anilines is 1. The summed E-state index contributed by atoms with van der Waals surface area (Å²) >= 11 is 0. The predicted molar refractivity (Wildman–Crippen MR) is 86.7 cm³/mol. The Balaban J connectivity index is 2.50. The van der Waals surface area contributed by atoms with Gasteiger partial charge in [-0.25, -0.2) is 8.42 Å². The zero-order valence-electron chi connectivity index (χ0n) is 12.8. The largest absolute Gasteiger partial charge is 0.398 e. The quantitative estimate of drug-likeness (QED) is 0.672. The van der Waals surface area contributed by atoms with E-state index in [1.807, 2.05) is 13.0 Å². The molecule has 0 unspecified atom stereocenters. The van der Waals surface area contributed by atoms with Crippen LogP contribution in [0.3, 0.4) is 0 Å². The van der Waals surface area contributed by atoms with Crippen molar-refractivity contribution < 1.29 is 8.42 Å². The highest BCUT2D eigenvalue weighted by Crippen LogP contribution is 2.31. The van der Waals surface area contributed by atoms with E-state index in [4.69, 9.17) is 5.73 Å². The molecule has 0 aliphatic heterocycles. The van der Waals surface area contributed by atoms with Gasteiger partial charge in [0.1, 0.15) is 0 Å². The van der Waals surface area contributed by atoms with Gasteiger partial charge >= 0.3 is 0 Å². The van der Waals surface area contributed by atoms with Crippen LogP contribution >= 0.6 is 0 Å². The molecule has 0 aromatic heterocycles. The highest BCUT2D eigenvalue weighted by Gasteiger charge is 2.33. The van der Waals surface area contributed by atoms with Crippen LogP contribution in [-0.2, 0) is 10.0 Å². The molecule has 1 fully saturated rings. The molecule has 1 aromatic carbocycles. The van der Waals surface area contributed by atoms with Gasteiger partial charge in [-0.15, -0.1) is 6.58 Å². The number of benzene rings is 1. The van der Waals surface area contributed by atoms with Crippen LogP contribution in [0.25, 0.3) is 0 Å². The molecule has 1 aromatic rings. The van der Waals surface area contributed by atoms with Gasteiger partial charge in [0.15, 0.2) is 0 Å². The summed E-state index contributed by atoms with van der Waals surface area (Å²) in [5.41, 5.74) is 7.96.